The Morgan fingerprint density at radius 3 is 2.53 bits per heavy atom. The highest BCUT2D eigenvalue weighted by Crippen LogP contribution is 2.18. The van der Waals surface area contributed by atoms with Crippen molar-refractivity contribution in [2.24, 2.45) is 0 Å². The van der Waals surface area contributed by atoms with Gasteiger partial charge in [-0.3, -0.25) is 4.79 Å². The number of fused-ring (bicyclic) bond motifs is 1. The molecule has 0 aliphatic carbocycles. The third-order valence-electron chi connectivity index (χ3n) is 5.29. The lowest BCUT2D eigenvalue weighted by molar-refractivity contribution is -0.121. The Kier molecular flexibility index (Phi) is 7.12. The molecule has 164 valence electrons. The quantitative estimate of drug-likeness (QED) is 0.392. The average Bonchev–Trinajstić information content (AvgIpc) is 3.14. The molecule has 2 heterocycles. The number of aryl methyl sites for hydroxylation is 1. The number of hydrogen-bond acceptors (Lipinski definition) is 3. The van der Waals surface area contributed by atoms with E-state index in [4.69, 9.17) is 16.6 Å². The number of pyridine rings is 1. The van der Waals surface area contributed by atoms with Gasteiger partial charge in [-0.2, -0.15) is 0 Å². The Hall–Kier alpha value is -3.25. The van der Waals surface area contributed by atoms with Crippen molar-refractivity contribution in [2.45, 2.75) is 32.2 Å². The Labute approximate surface area is 191 Å². The molecule has 7 heteroatoms. The summed E-state index contributed by atoms with van der Waals surface area (Å²) in [7, 11) is 0. The first-order valence-corrected chi connectivity index (χ1v) is 11.0. The van der Waals surface area contributed by atoms with Gasteiger partial charge >= 0.3 is 0 Å². The predicted molar refractivity (Wildman–Crippen MR) is 124 cm³/mol. The minimum absolute atomic E-state index is 0.0262. The van der Waals surface area contributed by atoms with Crippen LogP contribution in [-0.4, -0.2) is 27.0 Å². The molecule has 32 heavy (non-hydrogen) atoms. The molecule has 0 saturated carbocycles. The van der Waals surface area contributed by atoms with E-state index in [0.717, 1.165) is 34.5 Å². The molecule has 0 atom stereocenters. The Morgan fingerprint density at radius 1 is 1.00 bits per heavy atom. The van der Waals surface area contributed by atoms with Crippen LogP contribution in [0.3, 0.4) is 0 Å². The van der Waals surface area contributed by atoms with Crippen molar-refractivity contribution in [3.8, 4) is 0 Å². The van der Waals surface area contributed by atoms with Gasteiger partial charge in [0, 0.05) is 30.6 Å². The number of amides is 1. The van der Waals surface area contributed by atoms with Crippen molar-refractivity contribution in [2.75, 3.05) is 6.54 Å². The number of nitrogens with zero attached hydrogens (tertiary/aromatic N) is 3. The van der Waals surface area contributed by atoms with Crippen LogP contribution >= 0.6 is 11.6 Å². The maximum atomic E-state index is 13.3. The third-order valence-corrected chi connectivity index (χ3v) is 5.54. The number of aromatic nitrogens is 3. The van der Waals surface area contributed by atoms with Crippen LogP contribution in [0.2, 0.25) is 5.02 Å². The predicted octanol–water partition coefficient (Wildman–Crippen LogP) is 4.95. The zero-order valence-electron chi connectivity index (χ0n) is 17.6. The number of carbonyl (C=O) groups is 1. The Morgan fingerprint density at radius 2 is 1.75 bits per heavy atom. The number of benzene rings is 2. The molecule has 4 rings (SSSR count). The van der Waals surface area contributed by atoms with E-state index in [-0.39, 0.29) is 11.7 Å². The molecule has 0 unspecified atom stereocenters. The first-order valence-electron chi connectivity index (χ1n) is 10.6. The molecule has 0 bridgehead atoms. The maximum absolute atomic E-state index is 13.3. The summed E-state index contributed by atoms with van der Waals surface area (Å²) in [6, 6.07) is 17.9. The van der Waals surface area contributed by atoms with E-state index in [0.29, 0.717) is 37.4 Å². The fraction of sp³-hybridized carbons (Fsp3) is 0.240. The van der Waals surface area contributed by atoms with Crippen molar-refractivity contribution in [3.05, 3.63) is 94.7 Å². The molecule has 0 saturated heterocycles. The summed E-state index contributed by atoms with van der Waals surface area (Å²) in [5.74, 6) is 0.639. The summed E-state index contributed by atoms with van der Waals surface area (Å²) < 4.78 is 15.3. The van der Waals surface area contributed by atoms with Gasteiger partial charge in [0.25, 0.3) is 0 Å². The zero-order valence-corrected chi connectivity index (χ0v) is 18.4. The second kappa shape index (κ2) is 10.4. The molecule has 0 aliphatic rings. The van der Waals surface area contributed by atoms with Crippen LogP contribution in [0.5, 0.6) is 0 Å². The Bertz CT molecular complexity index is 1190. The van der Waals surface area contributed by atoms with Gasteiger partial charge < -0.3 is 9.88 Å². The van der Waals surface area contributed by atoms with Gasteiger partial charge in [-0.05, 0) is 60.4 Å². The van der Waals surface area contributed by atoms with E-state index < -0.39 is 0 Å². The molecule has 5 nitrogen and oxygen atoms in total. The van der Waals surface area contributed by atoms with E-state index in [9.17, 15) is 9.18 Å². The molecule has 1 amide bonds. The zero-order chi connectivity index (χ0) is 22.3. The van der Waals surface area contributed by atoms with Gasteiger partial charge in [0.2, 0.25) is 5.91 Å². The number of carbonyl (C=O) groups excluding carboxylic acids is 1. The highest BCUT2D eigenvalue weighted by Gasteiger charge is 2.13. The van der Waals surface area contributed by atoms with Crippen molar-refractivity contribution < 1.29 is 9.18 Å². The van der Waals surface area contributed by atoms with Gasteiger partial charge in [0.05, 0.1) is 6.54 Å². The van der Waals surface area contributed by atoms with Crippen LogP contribution in [-0.2, 0) is 24.2 Å². The van der Waals surface area contributed by atoms with Crippen LogP contribution in [0.15, 0.2) is 66.9 Å². The standard InChI is InChI=1S/C25H24ClFN4O/c26-20-10-6-18(7-11-20)14-16-28-24(32)5-1-4-23-30-22-3-2-15-29-25(22)31(23)17-19-8-12-21(27)13-9-19/h2-3,6-13,15H,1,4-5,14,16-17H2,(H,28,32). The summed E-state index contributed by atoms with van der Waals surface area (Å²) in [4.78, 5) is 21.4. The van der Waals surface area contributed by atoms with Gasteiger partial charge in [0.1, 0.15) is 17.2 Å². The number of imidazole rings is 1. The van der Waals surface area contributed by atoms with Gasteiger partial charge in [0.15, 0.2) is 5.65 Å². The normalized spacial score (nSPS) is 11.1. The highest BCUT2D eigenvalue weighted by molar-refractivity contribution is 6.30. The van der Waals surface area contributed by atoms with E-state index in [1.807, 2.05) is 41.0 Å². The monoisotopic (exact) mass is 450 g/mol. The largest absolute Gasteiger partial charge is 0.356 e. The van der Waals surface area contributed by atoms with Crippen LogP contribution in [0.4, 0.5) is 4.39 Å². The molecule has 2 aromatic carbocycles. The summed E-state index contributed by atoms with van der Waals surface area (Å²) in [6.45, 7) is 1.14. The van der Waals surface area contributed by atoms with Crippen molar-refractivity contribution >= 4 is 28.7 Å². The first-order chi connectivity index (χ1) is 15.6. The smallest absolute Gasteiger partial charge is 0.220 e. The van der Waals surface area contributed by atoms with Gasteiger partial charge in [-0.1, -0.05) is 35.9 Å². The molecule has 2 aromatic heterocycles. The Balaban J connectivity index is 1.33. The molecule has 0 aliphatic heterocycles. The lowest BCUT2D eigenvalue weighted by Crippen LogP contribution is -2.25. The molecule has 0 radical (unpaired) electrons. The number of halogens is 2. The number of rotatable bonds is 9. The first kappa shape index (κ1) is 22.0. The third kappa shape index (κ3) is 5.71. The lowest BCUT2D eigenvalue weighted by Gasteiger charge is -2.09. The van der Waals surface area contributed by atoms with Crippen LogP contribution in [0, 0.1) is 5.82 Å². The maximum Gasteiger partial charge on any atom is 0.220 e. The second-order valence-corrected chi connectivity index (χ2v) is 8.10. The van der Waals surface area contributed by atoms with E-state index in [1.54, 1.807) is 18.3 Å². The molecule has 4 aromatic rings. The van der Waals surface area contributed by atoms with Gasteiger partial charge in [-0.15, -0.1) is 0 Å². The topological polar surface area (TPSA) is 59.8 Å². The van der Waals surface area contributed by atoms with Crippen molar-refractivity contribution in [3.63, 3.8) is 0 Å². The SMILES string of the molecule is O=C(CCCc1nc2cccnc2n1Cc1ccc(F)cc1)NCCc1ccc(Cl)cc1. The molecule has 0 fully saturated rings. The number of nitrogens with one attached hydrogen (secondary N) is 1. The second-order valence-electron chi connectivity index (χ2n) is 7.67. The minimum atomic E-state index is -0.260. The minimum Gasteiger partial charge on any atom is -0.356 e. The fourth-order valence-electron chi connectivity index (χ4n) is 3.63. The van der Waals surface area contributed by atoms with E-state index in [1.165, 1.54) is 12.1 Å². The van der Waals surface area contributed by atoms with Gasteiger partial charge in [-0.25, -0.2) is 14.4 Å². The van der Waals surface area contributed by atoms with E-state index in [2.05, 4.69) is 10.3 Å². The summed E-state index contributed by atoms with van der Waals surface area (Å²) >= 11 is 5.90. The van der Waals surface area contributed by atoms with Crippen LogP contribution in [0.1, 0.15) is 29.8 Å². The van der Waals surface area contributed by atoms with E-state index >= 15 is 0 Å². The molecule has 1 N–H and O–H groups in total. The fourth-order valence-corrected chi connectivity index (χ4v) is 3.75. The lowest BCUT2D eigenvalue weighted by atomic mass is 10.1. The summed E-state index contributed by atoms with van der Waals surface area (Å²) in [5.41, 5.74) is 3.71. The van der Waals surface area contributed by atoms with Crippen LogP contribution < -0.4 is 5.32 Å². The average molecular weight is 451 g/mol. The van der Waals surface area contributed by atoms with Crippen molar-refractivity contribution in [1.82, 2.24) is 19.9 Å². The summed E-state index contributed by atoms with van der Waals surface area (Å²) in [5, 5.41) is 3.68. The molecular weight excluding hydrogens is 427 g/mol. The molecule has 0 spiro atoms. The summed E-state index contributed by atoms with van der Waals surface area (Å²) in [6.07, 6.45) is 4.26. The highest BCUT2D eigenvalue weighted by atomic mass is 35.5. The van der Waals surface area contributed by atoms with Crippen molar-refractivity contribution in [1.29, 1.82) is 0 Å². The number of hydrogen-bond donors (Lipinski definition) is 1. The molecular formula is C25H24ClFN4O. The van der Waals surface area contributed by atoms with Crippen LogP contribution in [0.25, 0.3) is 11.2 Å².